The van der Waals surface area contributed by atoms with E-state index >= 15 is 0 Å². The second kappa shape index (κ2) is 4.75. The van der Waals surface area contributed by atoms with Crippen LogP contribution in [0.2, 0.25) is 0 Å². The topological polar surface area (TPSA) is 105 Å². The largest absolute Gasteiger partial charge is 0.376 e. The summed E-state index contributed by atoms with van der Waals surface area (Å²) in [5.41, 5.74) is 5.21. The summed E-state index contributed by atoms with van der Waals surface area (Å²) in [6.45, 7) is 0.584. The standard InChI is InChI=1S/C7H14N4O3/c8-7(9)10(5-11(12)13)4-6-2-1-3-14-6/h6H,1-5H2,(H3,8,9). The molecule has 1 heterocycles. The van der Waals surface area contributed by atoms with Crippen LogP contribution < -0.4 is 5.73 Å². The summed E-state index contributed by atoms with van der Waals surface area (Å²) in [4.78, 5) is 11.0. The lowest BCUT2D eigenvalue weighted by atomic mass is 10.2. The van der Waals surface area contributed by atoms with Crippen molar-refractivity contribution in [2.24, 2.45) is 5.73 Å². The fraction of sp³-hybridized carbons (Fsp3) is 0.857. The summed E-state index contributed by atoms with van der Waals surface area (Å²) in [5.74, 6) is -0.280. The highest BCUT2D eigenvalue weighted by Gasteiger charge is 2.22. The van der Waals surface area contributed by atoms with Gasteiger partial charge in [-0.15, -0.1) is 0 Å². The molecule has 1 rings (SSSR count). The molecule has 7 nitrogen and oxygen atoms in total. The summed E-state index contributed by atoms with van der Waals surface area (Å²) in [6, 6.07) is 0. The van der Waals surface area contributed by atoms with Crippen LogP contribution in [0.4, 0.5) is 0 Å². The van der Waals surface area contributed by atoms with Gasteiger partial charge in [0.2, 0.25) is 0 Å². The zero-order chi connectivity index (χ0) is 10.6. The van der Waals surface area contributed by atoms with Crippen LogP contribution in [0.25, 0.3) is 0 Å². The molecule has 0 aliphatic carbocycles. The van der Waals surface area contributed by atoms with Gasteiger partial charge in [0, 0.05) is 11.5 Å². The fourth-order valence-electron chi connectivity index (χ4n) is 1.41. The molecule has 1 atom stereocenters. The molecule has 0 saturated carbocycles. The number of hydrogen-bond acceptors (Lipinski definition) is 4. The third kappa shape index (κ3) is 3.17. The molecular formula is C7H14N4O3. The van der Waals surface area contributed by atoms with Crippen molar-refractivity contribution in [3.63, 3.8) is 0 Å². The first kappa shape index (κ1) is 10.7. The van der Waals surface area contributed by atoms with Crippen molar-refractivity contribution >= 4 is 5.96 Å². The highest BCUT2D eigenvalue weighted by Crippen LogP contribution is 2.12. The lowest BCUT2D eigenvalue weighted by Crippen LogP contribution is -2.44. The van der Waals surface area contributed by atoms with Gasteiger partial charge in [0.25, 0.3) is 6.67 Å². The molecule has 0 radical (unpaired) electrons. The second-order valence-corrected chi connectivity index (χ2v) is 3.22. The van der Waals surface area contributed by atoms with E-state index < -0.39 is 11.6 Å². The van der Waals surface area contributed by atoms with E-state index in [-0.39, 0.29) is 12.1 Å². The van der Waals surface area contributed by atoms with Crippen molar-refractivity contribution in [3.05, 3.63) is 10.1 Å². The number of ether oxygens (including phenoxy) is 1. The predicted molar refractivity (Wildman–Crippen MR) is 49.5 cm³/mol. The Bertz CT molecular complexity index is 227. The summed E-state index contributed by atoms with van der Waals surface area (Å²) >= 11 is 0. The number of nitrogens with zero attached hydrogens (tertiary/aromatic N) is 2. The molecule has 7 heteroatoms. The molecule has 1 unspecified atom stereocenters. The lowest BCUT2D eigenvalue weighted by molar-refractivity contribution is -0.499. The van der Waals surface area contributed by atoms with Crippen LogP contribution in [0, 0.1) is 15.5 Å². The highest BCUT2D eigenvalue weighted by molar-refractivity contribution is 5.74. The normalized spacial score (nSPS) is 20.7. The van der Waals surface area contributed by atoms with Gasteiger partial charge >= 0.3 is 0 Å². The summed E-state index contributed by atoms with van der Waals surface area (Å²) in [5, 5.41) is 17.4. The Morgan fingerprint density at radius 2 is 2.50 bits per heavy atom. The quantitative estimate of drug-likeness (QED) is 0.212. The van der Waals surface area contributed by atoms with Gasteiger partial charge in [0.05, 0.1) is 12.6 Å². The van der Waals surface area contributed by atoms with Crippen molar-refractivity contribution < 1.29 is 9.66 Å². The molecule has 14 heavy (non-hydrogen) atoms. The Labute approximate surface area is 81.5 Å². The van der Waals surface area contributed by atoms with Gasteiger partial charge in [-0.3, -0.25) is 20.4 Å². The van der Waals surface area contributed by atoms with Gasteiger partial charge in [-0.05, 0) is 12.8 Å². The lowest BCUT2D eigenvalue weighted by Gasteiger charge is -2.21. The zero-order valence-electron chi connectivity index (χ0n) is 7.81. The SMILES string of the molecule is N=C(N)N(CC1CCCO1)C[N+](=O)[O-]. The van der Waals surface area contributed by atoms with Crippen molar-refractivity contribution in [1.82, 2.24) is 4.90 Å². The first-order valence-electron chi connectivity index (χ1n) is 4.42. The summed E-state index contributed by atoms with van der Waals surface area (Å²) in [6.07, 6.45) is 1.81. The molecule has 0 aromatic carbocycles. The maximum Gasteiger partial charge on any atom is 0.280 e. The monoisotopic (exact) mass is 202 g/mol. The van der Waals surface area contributed by atoms with Gasteiger partial charge in [-0.25, -0.2) is 0 Å². The molecule has 1 fully saturated rings. The van der Waals surface area contributed by atoms with Gasteiger partial charge in [0.1, 0.15) is 0 Å². The van der Waals surface area contributed by atoms with E-state index in [1.54, 1.807) is 0 Å². The molecule has 0 amide bonds. The molecule has 0 aromatic heterocycles. The van der Waals surface area contributed by atoms with Crippen molar-refractivity contribution in [3.8, 4) is 0 Å². The third-order valence-corrected chi connectivity index (χ3v) is 2.07. The average Bonchev–Trinajstić information content (AvgIpc) is 2.54. The van der Waals surface area contributed by atoms with E-state index in [0.717, 1.165) is 12.8 Å². The Kier molecular flexibility index (Phi) is 3.63. The first-order chi connectivity index (χ1) is 6.59. The van der Waals surface area contributed by atoms with E-state index in [0.29, 0.717) is 13.2 Å². The van der Waals surface area contributed by atoms with Crippen LogP contribution >= 0.6 is 0 Å². The van der Waals surface area contributed by atoms with Crippen LogP contribution in [0.3, 0.4) is 0 Å². The molecule has 1 aliphatic rings. The Balaban J connectivity index is 2.41. The Morgan fingerprint density at radius 1 is 1.79 bits per heavy atom. The van der Waals surface area contributed by atoms with E-state index in [1.807, 2.05) is 0 Å². The van der Waals surface area contributed by atoms with Gasteiger partial charge < -0.3 is 10.5 Å². The van der Waals surface area contributed by atoms with Gasteiger partial charge in [-0.1, -0.05) is 0 Å². The van der Waals surface area contributed by atoms with E-state index in [2.05, 4.69) is 0 Å². The van der Waals surface area contributed by atoms with Crippen molar-refractivity contribution in [2.75, 3.05) is 19.8 Å². The average molecular weight is 202 g/mol. The Hall–Kier alpha value is -1.37. The molecule has 0 bridgehead atoms. The molecular weight excluding hydrogens is 188 g/mol. The zero-order valence-corrected chi connectivity index (χ0v) is 7.81. The van der Waals surface area contributed by atoms with Gasteiger partial charge in [-0.2, -0.15) is 0 Å². The maximum absolute atomic E-state index is 10.3. The van der Waals surface area contributed by atoms with Crippen molar-refractivity contribution in [1.29, 1.82) is 5.41 Å². The van der Waals surface area contributed by atoms with Gasteiger partial charge in [0.15, 0.2) is 5.96 Å². The maximum atomic E-state index is 10.3. The van der Waals surface area contributed by atoms with E-state index in [9.17, 15) is 10.1 Å². The number of nitrogens with one attached hydrogen (secondary N) is 1. The number of rotatable bonds is 4. The number of hydrogen-bond donors (Lipinski definition) is 2. The first-order valence-corrected chi connectivity index (χ1v) is 4.42. The van der Waals surface area contributed by atoms with Crippen LogP contribution in [-0.4, -0.2) is 41.7 Å². The minimum absolute atomic E-state index is 0.0288. The Morgan fingerprint density at radius 3 is 2.93 bits per heavy atom. The fourth-order valence-corrected chi connectivity index (χ4v) is 1.41. The smallest absolute Gasteiger partial charge is 0.280 e. The predicted octanol–water partition coefficient (Wildman–Crippen LogP) is -0.405. The minimum Gasteiger partial charge on any atom is -0.376 e. The number of nitro groups is 1. The third-order valence-electron chi connectivity index (χ3n) is 2.07. The second-order valence-electron chi connectivity index (χ2n) is 3.22. The van der Waals surface area contributed by atoms with Crippen LogP contribution in [0.15, 0.2) is 0 Å². The molecule has 1 saturated heterocycles. The molecule has 1 aliphatic heterocycles. The van der Waals surface area contributed by atoms with E-state index in [1.165, 1.54) is 4.90 Å². The van der Waals surface area contributed by atoms with Crippen LogP contribution in [-0.2, 0) is 4.74 Å². The number of guanidine groups is 1. The summed E-state index contributed by atoms with van der Waals surface area (Å²) < 4.78 is 5.30. The molecule has 80 valence electrons. The highest BCUT2D eigenvalue weighted by atomic mass is 16.6. The molecule has 0 spiro atoms. The molecule has 3 N–H and O–H groups in total. The van der Waals surface area contributed by atoms with E-state index in [4.69, 9.17) is 15.9 Å². The number of nitrogens with two attached hydrogens (primary N) is 1. The van der Waals surface area contributed by atoms with Crippen LogP contribution in [0.1, 0.15) is 12.8 Å². The molecule has 0 aromatic rings. The summed E-state index contributed by atoms with van der Waals surface area (Å²) in [7, 11) is 0. The van der Waals surface area contributed by atoms with Crippen molar-refractivity contribution in [2.45, 2.75) is 18.9 Å². The van der Waals surface area contributed by atoms with Crippen LogP contribution in [0.5, 0.6) is 0 Å². The minimum atomic E-state index is -0.504.